The monoisotopic (exact) mass is 447 g/mol. The van der Waals surface area contributed by atoms with Gasteiger partial charge in [0.15, 0.2) is 11.5 Å². The lowest BCUT2D eigenvalue weighted by atomic mass is 10.1. The number of rotatable bonds is 5. The van der Waals surface area contributed by atoms with Crippen LogP contribution in [0.2, 0.25) is 0 Å². The molecule has 0 spiro atoms. The largest absolute Gasteiger partial charge is 0.478 e. The fraction of sp³-hybridized carbons (Fsp3) is 0.208. The van der Waals surface area contributed by atoms with Crippen molar-refractivity contribution in [3.63, 3.8) is 0 Å². The Morgan fingerprint density at radius 1 is 1.27 bits per heavy atom. The number of aromatic nitrogens is 1. The number of para-hydroxylation sites is 1. The SMILES string of the molecule is Cn1c(C(=O)Nc2ccc(C#N)cc2C(=O)O)cc2cccc(O/C=C3/COC(C)(C)O3)c21. The maximum atomic E-state index is 13.0. The van der Waals surface area contributed by atoms with E-state index in [2.05, 4.69) is 5.32 Å². The molecule has 1 aliphatic rings. The minimum absolute atomic E-state index is 0.0963. The van der Waals surface area contributed by atoms with E-state index in [-0.39, 0.29) is 16.8 Å². The van der Waals surface area contributed by atoms with E-state index in [1.807, 2.05) is 12.1 Å². The molecule has 0 saturated carbocycles. The number of hydrogen-bond acceptors (Lipinski definition) is 6. The van der Waals surface area contributed by atoms with E-state index < -0.39 is 17.7 Å². The van der Waals surface area contributed by atoms with Crippen LogP contribution in [0.15, 0.2) is 54.5 Å². The van der Waals surface area contributed by atoms with Gasteiger partial charge in [0.2, 0.25) is 5.79 Å². The Morgan fingerprint density at radius 3 is 2.73 bits per heavy atom. The smallest absolute Gasteiger partial charge is 0.337 e. The highest BCUT2D eigenvalue weighted by Gasteiger charge is 2.29. The normalized spacial score (nSPS) is 15.8. The Morgan fingerprint density at radius 2 is 2.06 bits per heavy atom. The van der Waals surface area contributed by atoms with Gasteiger partial charge >= 0.3 is 5.97 Å². The number of benzene rings is 2. The number of hydrogen-bond donors (Lipinski definition) is 2. The van der Waals surface area contributed by atoms with Crippen molar-refractivity contribution in [1.29, 1.82) is 5.26 Å². The highest BCUT2D eigenvalue weighted by atomic mass is 16.7. The third-order valence-electron chi connectivity index (χ3n) is 5.14. The van der Waals surface area contributed by atoms with E-state index in [4.69, 9.17) is 19.5 Å². The van der Waals surface area contributed by atoms with E-state index in [0.29, 0.717) is 29.3 Å². The zero-order valence-electron chi connectivity index (χ0n) is 18.2. The highest BCUT2D eigenvalue weighted by molar-refractivity contribution is 6.09. The van der Waals surface area contributed by atoms with Gasteiger partial charge in [-0.25, -0.2) is 4.79 Å². The van der Waals surface area contributed by atoms with Gasteiger partial charge in [-0.1, -0.05) is 12.1 Å². The summed E-state index contributed by atoms with van der Waals surface area (Å²) >= 11 is 0. The van der Waals surface area contributed by atoms with E-state index in [9.17, 15) is 14.7 Å². The Bertz CT molecular complexity index is 1350. The molecule has 0 atom stereocenters. The number of aromatic carboxylic acids is 1. The average molecular weight is 447 g/mol. The molecule has 0 radical (unpaired) electrons. The van der Waals surface area contributed by atoms with Crippen LogP contribution in [0.5, 0.6) is 5.75 Å². The average Bonchev–Trinajstić information content (AvgIpc) is 3.31. The molecular formula is C24H21N3O6. The number of carboxylic acid groups (broad SMARTS) is 1. The first-order valence-corrected chi connectivity index (χ1v) is 10.0. The summed E-state index contributed by atoms with van der Waals surface area (Å²) in [5.74, 6) is -1.40. The second-order valence-electron chi connectivity index (χ2n) is 7.91. The topological polar surface area (TPSA) is 123 Å². The molecule has 3 aromatic rings. The molecule has 9 nitrogen and oxygen atoms in total. The molecule has 0 unspecified atom stereocenters. The van der Waals surface area contributed by atoms with Crippen molar-refractivity contribution >= 4 is 28.5 Å². The van der Waals surface area contributed by atoms with Gasteiger partial charge in [-0.05, 0) is 30.3 Å². The van der Waals surface area contributed by atoms with Crippen molar-refractivity contribution < 1.29 is 28.9 Å². The number of anilines is 1. The Labute approximate surface area is 189 Å². The molecule has 4 rings (SSSR count). The summed E-state index contributed by atoms with van der Waals surface area (Å²) in [7, 11) is 1.71. The molecule has 33 heavy (non-hydrogen) atoms. The quantitative estimate of drug-likeness (QED) is 0.567. The minimum Gasteiger partial charge on any atom is -0.478 e. The number of ether oxygens (including phenoxy) is 3. The maximum Gasteiger partial charge on any atom is 0.337 e. The summed E-state index contributed by atoms with van der Waals surface area (Å²) in [5, 5.41) is 21.9. The molecule has 2 heterocycles. The summed E-state index contributed by atoms with van der Waals surface area (Å²) in [6.45, 7) is 3.90. The van der Waals surface area contributed by atoms with Crippen molar-refractivity contribution in [2.75, 3.05) is 11.9 Å². The predicted molar refractivity (Wildman–Crippen MR) is 119 cm³/mol. The molecule has 1 amide bonds. The molecule has 1 aromatic heterocycles. The number of carbonyl (C=O) groups is 2. The maximum absolute atomic E-state index is 13.0. The zero-order valence-corrected chi connectivity index (χ0v) is 18.2. The van der Waals surface area contributed by atoms with Crippen molar-refractivity contribution in [1.82, 2.24) is 4.57 Å². The molecule has 0 aliphatic carbocycles. The third kappa shape index (κ3) is 4.37. The lowest BCUT2D eigenvalue weighted by molar-refractivity contribution is -0.117. The van der Waals surface area contributed by atoms with Gasteiger partial charge in [-0.3, -0.25) is 4.79 Å². The van der Waals surface area contributed by atoms with E-state index in [1.54, 1.807) is 43.7 Å². The third-order valence-corrected chi connectivity index (χ3v) is 5.14. The fourth-order valence-electron chi connectivity index (χ4n) is 3.59. The second-order valence-corrected chi connectivity index (χ2v) is 7.91. The lowest BCUT2D eigenvalue weighted by Crippen LogP contribution is -2.18. The number of amides is 1. The van der Waals surface area contributed by atoms with Crippen LogP contribution in [0.1, 0.15) is 40.3 Å². The summed E-state index contributed by atoms with van der Waals surface area (Å²) in [6, 6.07) is 13.0. The van der Waals surface area contributed by atoms with Gasteiger partial charge in [-0.2, -0.15) is 5.26 Å². The van der Waals surface area contributed by atoms with Crippen molar-refractivity contribution in [2.45, 2.75) is 19.6 Å². The Kier molecular flexibility index (Phi) is 5.54. The molecule has 2 N–H and O–H groups in total. The highest BCUT2D eigenvalue weighted by Crippen LogP contribution is 2.31. The van der Waals surface area contributed by atoms with Gasteiger partial charge in [0.05, 0.1) is 28.4 Å². The Balaban J connectivity index is 1.63. The molecule has 1 fully saturated rings. The molecule has 0 bridgehead atoms. The van der Waals surface area contributed by atoms with Gasteiger partial charge in [-0.15, -0.1) is 0 Å². The minimum atomic E-state index is -1.25. The summed E-state index contributed by atoms with van der Waals surface area (Å²) in [5.41, 5.74) is 1.09. The van der Waals surface area contributed by atoms with E-state index >= 15 is 0 Å². The number of carboxylic acids is 1. The molecule has 1 aliphatic heterocycles. The number of nitrogens with one attached hydrogen (secondary N) is 1. The van der Waals surface area contributed by atoms with Gasteiger partial charge in [0.25, 0.3) is 5.91 Å². The molecule has 1 saturated heterocycles. The van der Waals surface area contributed by atoms with Crippen molar-refractivity contribution in [3.8, 4) is 11.8 Å². The van der Waals surface area contributed by atoms with Crippen LogP contribution in [0, 0.1) is 11.3 Å². The van der Waals surface area contributed by atoms with Gasteiger partial charge < -0.3 is 29.2 Å². The molecule has 2 aromatic carbocycles. The molecule has 168 valence electrons. The molecule has 9 heteroatoms. The van der Waals surface area contributed by atoms with E-state index in [1.165, 1.54) is 24.5 Å². The second kappa shape index (κ2) is 8.33. The van der Waals surface area contributed by atoms with Crippen LogP contribution in [0.4, 0.5) is 5.69 Å². The first-order chi connectivity index (χ1) is 15.7. The van der Waals surface area contributed by atoms with Crippen LogP contribution >= 0.6 is 0 Å². The number of nitrogens with zero attached hydrogens (tertiary/aromatic N) is 2. The predicted octanol–water partition coefficient (Wildman–Crippen LogP) is 4.00. The van der Waals surface area contributed by atoms with E-state index in [0.717, 1.165) is 5.39 Å². The summed E-state index contributed by atoms with van der Waals surface area (Å²) < 4.78 is 18.6. The molecular weight excluding hydrogens is 426 g/mol. The Hall–Kier alpha value is -4.29. The van der Waals surface area contributed by atoms with Gasteiger partial charge in [0, 0.05) is 26.3 Å². The van der Waals surface area contributed by atoms with Crippen LogP contribution < -0.4 is 10.1 Å². The first kappa shape index (κ1) is 21.9. The number of nitriles is 1. The van der Waals surface area contributed by atoms with Crippen molar-refractivity contribution in [3.05, 3.63) is 71.3 Å². The lowest BCUT2D eigenvalue weighted by Gasteiger charge is -2.15. The first-order valence-electron chi connectivity index (χ1n) is 10.0. The zero-order chi connectivity index (χ0) is 23.8. The van der Waals surface area contributed by atoms with Crippen LogP contribution in [-0.2, 0) is 16.5 Å². The van der Waals surface area contributed by atoms with Gasteiger partial charge in [0.1, 0.15) is 18.6 Å². The number of fused-ring (bicyclic) bond motifs is 1. The number of aryl methyl sites for hydroxylation is 1. The number of carbonyl (C=O) groups excluding carboxylic acids is 1. The van der Waals surface area contributed by atoms with Crippen LogP contribution in [-0.4, -0.2) is 33.9 Å². The van der Waals surface area contributed by atoms with Crippen molar-refractivity contribution in [2.24, 2.45) is 7.05 Å². The fourth-order valence-corrected chi connectivity index (χ4v) is 3.59. The standard InChI is InChI=1S/C24H21N3O6/c1-24(2)32-13-16(33-24)12-31-20-6-4-5-15-10-19(27(3)21(15)20)22(28)26-18-8-7-14(11-25)9-17(18)23(29)30/h4-10,12H,13H2,1-3H3,(H,26,28)(H,29,30)/b16-12-. The summed E-state index contributed by atoms with van der Waals surface area (Å²) in [4.78, 5) is 24.6. The summed E-state index contributed by atoms with van der Waals surface area (Å²) in [6.07, 6.45) is 1.48. The van der Waals surface area contributed by atoms with Crippen LogP contribution in [0.3, 0.4) is 0 Å². The van der Waals surface area contributed by atoms with Crippen LogP contribution in [0.25, 0.3) is 10.9 Å².